The second-order valence-electron chi connectivity index (χ2n) is 7.14. The zero-order valence-corrected chi connectivity index (χ0v) is 16.5. The standard InChI is InChI=1S/C21H19Cl2NOS/c22-17-8-9-18(23)21-19(17)15-2-1-3-16(15)20(24-21)12-4-6-13(7-5-12)25-14-10-26-11-14/h1-2,4-9,14-16,20,24H,3,10-11H2/t15-,16+,20-/m1/s1. The Hall–Kier alpha value is -1.29. The minimum Gasteiger partial charge on any atom is -0.489 e. The molecule has 1 saturated heterocycles. The third-order valence-electron chi connectivity index (χ3n) is 5.57. The molecule has 2 aliphatic heterocycles. The lowest BCUT2D eigenvalue weighted by molar-refractivity contribution is 0.240. The van der Waals surface area contributed by atoms with E-state index in [9.17, 15) is 0 Å². The molecule has 134 valence electrons. The summed E-state index contributed by atoms with van der Waals surface area (Å²) >= 11 is 14.9. The van der Waals surface area contributed by atoms with Crippen molar-refractivity contribution in [3.8, 4) is 5.75 Å². The monoisotopic (exact) mass is 403 g/mol. The van der Waals surface area contributed by atoms with E-state index in [-0.39, 0.29) is 6.04 Å². The molecule has 0 unspecified atom stereocenters. The van der Waals surface area contributed by atoms with E-state index in [0.717, 1.165) is 45.0 Å². The van der Waals surface area contributed by atoms with E-state index in [1.165, 1.54) is 5.56 Å². The van der Waals surface area contributed by atoms with E-state index in [4.69, 9.17) is 27.9 Å². The summed E-state index contributed by atoms with van der Waals surface area (Å²) in [6.07, 6.45) is 5.96. The molecule has 26 heavy (non-hydrogen) atoms. The van der Waals surface area contributed by atoms with Crippen molar-refractivity contribution in [1.82, 2.24) is 0 Å². The number of halogens is 2. The Bertz CT molecular complexity index is 863. The summed E-state index contributed by atoms with van der Waals surface area (Å²) in [6, 6.07) is 12.5. The van der Waals surface area contributed by atoms with Gasteiger partial charge in [-0.3, -0.25) is 0 Å². The number of ether oxygens (including phenoxy) is 1. The van der Waals surface area contributed by atoms with Crippen LogP contribution in [0.15, 0.2) is 48.6 Å². The quantitative estimate of drug-likeness (QED) is 0.606. The maximum Gasteiger partial charge on any atom is 0.119 e. The van der Waals surface area contributed by atoms with E-state index < -0.39 is 0 Å². The molecule has 3 atom stereocenters. The van der Waals surface area contributed by atoms with Crippen molar-refractivity contribution < 1.29 is 4.74 Å². The number of thioether (sulfide) groups is 1. The molecular weight excluding hydrogens is 385 g/mol. The Kier molecular flexibility index (Phi) is 4.35. The molecule has 2 heterocycles. The smallest absolute Gasteiger partial charge is 0.119 e. The first kappa shape index (κ1) is 16.9. The molecule has 0 amide bonds. The highest BCUT2D eigenvalue weighted by atomic mass is 35.5. The van der Waals surface area contributed by atoms with E-state index in [0.29, 0.717) is 17.9 Å². The lowest BCUT2D eigenvalue weighted by Gasteiger charge is -2.38. The fourth-order valence-corrected chi connectivity index (χ4v) is 5.25. The van der Waals surface area contributed by atoms with Crippen molar-refractivity contribution in [3.05, 3.63) is 69.7 Å². The van der Waals surface area contributed by atoms with Crippen LogP contribution in [0.25, 0.3) is 0 Å². The Morgan fingerprint density at radius 1 is 1.00 bits per heavy atom. The number of anilines is 1. The third-order valence-corrected chi connectivity index (χ3v) is 7.42. The van der Waals surface area contributed by atoms with Crippen molar-refractivity contribution in [3.63, 3.8) is 0 Å². The molecule has 5 rings (SSSR count). The number of rotatable bonds is 3. The first-order valence-corrected chi connectivity index (χ1v) is 10.9. The molecule has 1 aliphatic carbocycles. The van der Waals surface area contributed by atoms with Crippen LogP contribution in [-0.2, 0) is 0 Å². The van der Waals surface area contributed by atoms with Crippen LogP contribution in [0.5, 0.6) is 5.75 Å². The number of hydrogen-bond acceptors (Lipinski definition) is 3. The summed E-state index contributed by atoms with van der Waals surface area (Å²) in [5.41, 5.74) is 3.38. The highest BCUT2D eigenvalue weighted by Crippen LogP contribution is 2.53. The van der Waals surface area contributed by atoms with Crippen LogP contribution >= 0.6 is 35.0 Å². The van der Waals surface area contributed by atoms with Crippen molar-refractivity contribution in [2.75, 3.05) is 16.8 Å². The molecule has 0 spiro atoms. The molecule has 0 saturated carbocycles. The average molecular weight is 404 g/mol. The zero-order chi connectivity index (χ0) is 17.7. The molecule has 1 fully saturated rings. The minimum atomic E-state index is 0.215. The molecule has 0 aromatic heterocycles. The lowest BCUT2D eigenvalue weighted by atomic mass is 9.77. The number of allylic oxidation sites excluding steroid dienone is 2. The number of benzene rings is 2. The van der Waals surface area contributed by atoms with Crippen LogP contribution in [0.4, 0.5) is 5.69 Å². The summed E-state index contributed by atoms with van der Waals surface area (Å²) < 4.78 is 5.98. The van der Waals surface area contributed by atoms with Crippen molar-refractivity contribution >= 4 is 40.7 Å². The third kappa shape index (κ3) is 2.81. The van der Waals surface area contributed by atoms with Gasteiger partial charge in [-0.1, -0.05) is 47.5 Å². The van der Waals surface area contributed by atoms with Crippen molar-refractivity contribution in [1.29, 1.82) is 0 Å². The fraction of sp³-hybridized carbons (Fsp3) is 0.333. The normalized spacial score (nSPS) is 26.6. The van der Waals surface area contributed by atoms with Gasteiger partial charge >= 0.3 is 0 Å². The minimum absolute atomic E-state index is 0.215. The van der Waals surface area contributed by atoms with Gasteiger partial charge in [0, 0.05) is 28.0 Å². The van der Waals surface area contributed by atoms with E-state index in [1.807, 2.05) is 23.9 Å². The molecule has 0 radical (unpaired) electrons. The molecule has 5 heteroatoms. The molecule has 2 aromatic carbocycles. The number of nitrogens with one attached hydrogen (secondary N) is 1. The van der Waals surface area contributed by atoms with Gasteiger partial charge in [-0.2, -0.15) is 11.8 Å². The predicted molar refractivity (Wildman–Crippen MR) is 111 cm³/mol. The van der Waals surface area contributed by atoms with Gasteiger partial charge in [-0.25, -0.2) is 0 Å². The molecule has 3 aliphatic rings. The van der Waals surface area contributed by atoms with Crippen LogP contribution in [-0.4, -0.2) is 17.6 Å². The Balaban J connectivity index is 1.46. The predicted octanol–water partition coefficient (Wildman–Crippen LogP) is 6.31. The van der Waals surface area contributed by atoms with Crippen LogP contribution in [0.1, 0.15) is 29.5 Å². The van der Waals surface area contributed by atoms with Crippen LogP contribution < -0.4 is 10.1 Å². The second-order valence-corrected chi connectivity index (χ2v) is 9.03. The second kappa shape index (κ2) is 6.70. The summed E-state index contributed by atoms with van der Waals surface area (Å²) in [6.45, 7) is 0. The summed E-state index contributed by atoms with van der Waals surface area (Å²) in [5.74, 6) is 3.91. The average Bonchev–Trinajstić information content (AvgIpc) is 3.10. The van der Waals surface area contributed by atoms with Gasteiger partial charge in [-0.05, 0) is 42.2 Å². The summed E-state index contributed by atoms with van der Waals surface area (Å²) in [7, 11) is 0. The van der Waals surface area contributed by atoms with E-state index in [1.54, 1.807) is 0 Å². The SMILES string of the molecule is Clc1ccc(Cl)c2c1N[C@H](c1ccc(OC3CSC3)cc1)[C@H]1CC=C[C@@H]21. The summed E-state index contributed by atoms with van der Waals surface area (Å²) in [5, 5.41) is 5.20. The van der Waals surface area contributed by atoms with Crippen LogP contribution in [0.2, 0.25) is 10.0 Å². The topological polar surface area (TPSA) is 21.3 Å². The Morgan fingerprint density at radius 3 is 2.50 bits per heavy atom. The summed E-state index contributed by atoms with van der Waals surface area (Å²) in [4.78, 5) is 0. The largest absolute Gasteiger partial charge is 0.489 e. The molecule has 1 N–H and O–H groups in total. The Morgan fingerprint density at radius 2 is 1.77 bits per heavy atom. The number of hydrogen-bond donors (Lipinski definition) is 1. The highest BCUT2D eigenvalue weighted by Gasteiger charge is 2.39. The van der Waals surface area contributed by atoms with Gasteiger partial charge in [0.25, 0.3) is 0 Å². The van der Waals surface area contributed by atoms with Gasteiger partial charge in [0.05, 0.1) is 16.8 Å². The van der Waals surface area contributed by atoms with E-state index >= 15 is 0 Å². The first-order chi connectivity index (χ1) is 12.7. The van der Waals surface area contributed by atoms with Gasteiger partial charge in [0.15, 0.2) is 0 Å². The molecular formula is C21H19Cl2NOS. The van der Waals surface area contributed by atoms with Crippen LogP contribution in [0.3, 0.4) is 0 Å². The molecule has 2 nitrogen and oxygen atoms in total. The maximum atomic E-state index is 6.51. The lowest BCUT2D eigenvalue weighted by Crippen LogP contribution is -2.31. The van der Waals surface area contributed by atoms with Gasteiger partial charge in [-0.15, -0.1) is 0 Å². The zero-order valence-electron chi connectivity index (χ0n) is 14.1. The molecule has 2 aromatic rings. The highest BCUT2D eigenvalue weighted by molar-refractivity contribution is 8.00. The van der Waals surface area contributed by atoms with Gasteiger partial charge in [0.1, 0.15) is 11.9 Å². The van der Waals surface area contributed by atoms with Gasteiger partial charge < -0.3 is 10.1 Å². The Labute approximate surface area is 167 Å². The molecule has 0 bridgehead atoms. The van der Waals surface area contributed by atoms with E-state index in [2.05, 4.69) is 41.7 Å². The van der Waals surface area contributed by atoms with Crippen molar-refractivity contribution in [2.24, 2.45) is 5.92 Å². The van der Waals surface area contributed by atoms with Gasteiger partial charge in [0.2, 0.25) is 0 Å². The fourth-order valence-electron chi connectivity index (χ4n) is 4.19. The van der Waals surface area contributed by atoms with Crippen LogP contribution in [0, 0.1) is 5.92 Å². The van der Waals surface area contributed by atoms with Crippen molar-refractivity contribution in [2.45, 2.75) is 24.5 Å². The first-order valence-electron chi connectivity index (χ1n) is 8.96. The maximum absolute atomic E-state index is 6.51. The number of fused-ring (bicyclic) bond motifs is 3.